The molecule has 1 unspecified atom stereocenters. The van der Waals surface area contributed by atoms with Gasteiger partial charge in [-0.05, 0) is 24.6 Å². The highest BCUT2D eigenvalue weighted by Crippen LogP contribution is 2.31. The Bertz CT molecular complexity index is 777. The van der Waals surface area contributed by atoms with E-state index in [9.17, 15) is 13.2 Å². The third kappa shape index (κ3) is 5.57. The number of benzene rings is 1. The van der Waals surface area contributed by atoms with E-state index in [4.69, 9.17) is 9.47 Å². The summed E-state index contributed by atoms with van der Waals surface area (Å²) in [4.78, 5) is 14.5. The molecule has 2 aliphatic rings. The summed E-state index contributed by atoms with van der Waals surface area (Å²) in [6, 6.07) is 6.84. The summed E-state index contributed by atoms with van der Waals surface area (Å²) >= 11 is 0. The van der Waals surface area contributed by atoms with Crippen LogP contribution in [0.1, 0.15) is 25.3 Å². The number of carbonyl (C=O) groups is 1. The standard InChI is InChI=1S/C18H27N3O5S/c1-14-12-21(13-18(26-14)6-8-25-9-7-18)17(22)19-11-15-4-3-5-16(10-15)20-27(2,23)24/h3-5,10,14,20H,6-9,11-13H2,1-2H3,(H,19,22). The number of morpholine rings is 1. The predicted octanol–water partition coefficient (Wildman–Crippen LogP) is 1.54. The molecule has 0 aromatic heterocycles. The van der Waals surface area contributed by atoms with E-state index in [1.165, 1.54) is 0 Å². The second kappa shape index (κ2) is 8.04. The number of carbonyl (C=O) groups excluding carboxylic acids is 1. The lowest BCUT2D eigenvalue weighted by atomic mass is 9.91. The number of amides is 2. The van der Waals surface area contributed by atoms with Gasteiger partial charge in [0.05, 0.1) is 24.5 Å². The summed E-state index contributed by atoms with van der Waals surface area (Å²) in [5.41, 5.74) is 0.983. The first kappa shape index (κ1) is 19.9. The van der Waals surface area contributed by atoms with Crippen molar-refractivity contribution >= 4 is 21.7 Å². The molecular formula is C18H27N3O5S. The van der Waals surface area contributed by atoms with E-state index < -0.39 is 10.0 Å². The highest BCUT2D eigenvalue weighted by Gasteiger charge is 2.42. The second-order valence-electron chi connectivity index (χ2n) is 7.34. The van der Waals surface area contributed by atoms with Crippen LogP contribution in [0.15, 0.2) is 24.3 Å². The van der Waals surface area contributed by atoms with E-state index in [2.05, 4.69) is 10.0 Å². The summed E-state index contributed by atoms with van der Waals surface area (Å²) in [5, 5.41) is 2.92. The van der Waals surface area contributed by atoms with E-state index >= 15 is 0 Å². The fraction of sp³-hybridized carbons (Fsp3) is 0.611. The van der Waals surface area contributed by atoms with Crippen LogP contribution in [0.3, 0.4) is 0 Å². The van der Waals surface area contributed by atoms with Crippen molar-refractivity contribution in [3.63, 3.8) is 0 Å². The largest absolute Gasteiger partial charge is 0.381 e. The maximum atomic E-state index is 12.7. The minimum absolute atomic E-state index is 0.0233. The highest BCUT2D eigenvalue weighted by atomic mass is 32.2. The molecule has 2 aliphatic heterocycles. The van der Waals surface area contributed by atoms with Gasteiger partial charge in [-0.1, -0.05) is 12.1 Å². The SMILES string of the molecule is CC1CN(C(=O)NCc2cccc(NS(C)(=O)=O)c2)CC2(CCOCC2)O1. The zero-order chi connectivity index (χ0) is 19.5. The molecule has 1 aromatic rings. The highest BCUT2D eigenvalue weighted by molar-refractivity contribution is 7.92. The Balaban J connectivity index is 1.59. The molecule has 2 saturated heterocycles. The molecule has 2 amide bonds. The summed E-state index contributed by atoms with van der Waals surface area (Å²) in [7, 11) is -3.33. The summed E-state index contributed by atoms with van der Waals surface area (Å²) in [6.07, 6.45) is 2.67. The summed E-state index contributed by atoms with van der Waals surface area (Å²) in [5.74, 6) is 0. The van der Waals surface area contributed by atoms with Gasteiger partial charge in [0.1, 0.15) is 0 Å². The molecule has 0 saturated carbocycles. The van der Waals surface area contributed by atoms with Crippen molar-refractivity contribution in [3.8, 4) is 0 Å². The van der Waals surface area contributed by atoms with Crippen LogP contribution >= 0.6 is 0 Å². The van der Waals surface area contributed by atoms with Crippen LogP contribution in [0, 0.1) is 0 Å². The average molecular weight is 397 g/mol. The molecule has 1 spiro atoms. The Morgan fingerprint density at radius 2 is 2.07 bits per heavy atom. The lowest BCUT2D eigenvalue weighted by Crippen LogP contribution is -2.60. The van der Waals surface area contributed by atoms with Gasteiger partial charge >= 0.3 is 6.03 Å². The first-order chi connectivity index (χ1) is 12.7. The molecule has 9 heteroatoms. The molecule has 2 N–H and O–H groups in total. The van der Waals surface area contributed by atoms with Gasteiger partial charge in [-0.15, -0.1) is 0 Å². The first-order valence-electron chi connectivity index (χ1n) is 9.10. The number of nitrogens with one attached hydrogen (secondary N) is 2. The molecule has 0 radical (unpaired) electrons. The van der Waals surface area contributed by atoms with Gasteiger partial charge in [-0.3, -0.25) is 4.72 Å². The molecule has 1 aromatic carbocycles. The second-order valence-corrected chi connectivity index (χ2v) is 9.09. The van der Waals surface area contributed by atoms with Gasteiger partial charge in [0.15, 0.2) is 0 Å². The fourth-order valence-electron chi connectivity index (χ4n) is 3.65. The number of hydrogen-bond acceptors (Lipinski definition) is 5. The molecular weight excluding hydrogens is 370 g/mol. The molecule has 2 heterocycles. The van der Waals surface area contributed by atoms with Gasteiger partial charge < -0.3 is 19.7 Å². The van der Waals surface area contributed by atoms with Crippen molar-refractivity contribution in [1.82, 2.24) is 10.2 Å². The number of hydrogen-bond donors (Lipinski definition) is 2. The van der Waals surface area contributed by atoms with Gasteiger partial charge in [-0.25, -0.2) is 13.2 Å². The third-order valence-corrected chi connectivity index (χ3v) is 5.38. The summed E-state index contributed by atoms with van der Waals surface area (Å²) in [6.45, 7) is 4.72. The van der Waals surface area contributed by atoms with Crippen LogP contribution in [-0.2, 0) is 26.0 Å². The lowest BCUT2D eigenvalue weighted by Gasteiger charge is -2.47. The Hall–Kier alpha value is -1.84. The zero-order valence-corrected chi connectivity index (χ0v) is 16.5. The van der Waals surface area contributed by atoms with E-state index in [0.29, 0.717) is 38.5 Å². The molecule has 150 valence electrons. The molecule has 0 aliphatic carbocycles. The lowest BCUT2D eigenvalue weighted by molar-refractivity contribution is -0.175. The van der Waals surface area contributed by atoms with E-state index in [-0.39, 0.29) is 17.7 Å². The molecule has 2 fully saturated rings. The van der Waals surface area contributed by atoms with E-state index in [0.717, 1.165) is 24.7 Å². The molecule has 0 bridgehead atoms. The first-order valence-corrected chi connectivity index (χ1v) is 11.0. The van der Waals surface area contributed by atoms with Gasteiger partial charge in [-0.2, -0.15) is 0 Å². The fourth-order valence-corrected chi connectivity index (χ4v) is 4.20. The van der Waals surface area contributed by atoms with Crippen molar-refractivity contribution in [1.29, 1.82) is 0 Å². The Labute approximate surface area is 160 Å². The average Bonchev–Trinajstić information content (AvgIpc) is 2.58. The Morgan fingerprint density at radius 1 is 1.33 bits per heavy atom. The molecule has 1 atom stereocenters. The van der Waals surface area contributed by atoms with Crippen molar-refractivity contribution in [2.24, 2.45) is 0 Å². The normalized spacial score (nSPS) is 22.4. The Morgan fingerprint density at radius 3 is 2.78 bits per heavy atom. The number of ether oxygens (including phenoxy) is 2. The Kier molecular flexibility index (Phi) is 5.92. The van der Waals surface area contributed by atoms with E-state index in [1.54, 1.807) is 23.1 Å². The van der Waals surface area contributed by atoms with Crippen LogP contribution in [0.5, 0.6) is 0 Å². The van der Waals surface area contributed by atoms with Gasteiger partial charge in [0.25, 0.3) is 0 Å². The smallest absolute Gasteiger partial charge is 0.317 e. The van der Waals surface area contributed by atoms with Crippen LogP contribution < -0.4 is 10.0 Å². The van der Waals surface area contributed by atoms with Crippen LogP contribution in [0.4, 0.5) is 10.5 Å². The monoisotopic (exact) mass is 397 g/mol. The zero-order valence-electron chi connectivity index (χ0n) is 15.7. The van der Waals surface area contributed by atoms with Crippen molar-refractivity contribution < 1.29 is 22.7 Å². The minimum Gasteiger partial charge on any atom is -0.381 e. The number of sulfonamides is 1. The predicted molar refractivity (Wildman–Crippen MR) is 102 cm³/mol. The van der Waals surface area contributed by atoms with Gasteiger partial charge in [0.2, 0.25) is 10.0 Å². The number of rotatable bonds is 4. The summed E-state index contributed by atoms with van der Waals surface area (Å²) < 4.78 is 36.7. The maximum Gasteiger partial charge on any atom is 0.317 e. The molecule has 27 heavy (non-hydrogen) atoms. The van der Waals surface area contributed by atoms with Crippen LogP contribution in [0.25, 0.3) is 0 Å². The van der Waals surface area contributed by atoms with Crippen LogP contribution in [-0.4, -0.2) is 63.6 Å². The quantitative estimate of drug-likeness (QED) is 0.803. The number of urea groups is 1. The minimum atomic E-state index is -3.33. The van der Waals surface area contributed by atoms with Crippen LogP contribution in [0.2, 0.25) is 0 Å². The maximum absolute atomic E-state index is 12.7. The number of anilines is 1. The molecule has 8 nitrogen and oxygen atoms in total. The van der Waals surface area contributed by atoms with Crippen molar-refractivity contribution in [3.05, 3.63) is 29.8 Å². The van der Waals surface area contributed by atoms with Crippen molar-refractivity contribution in [2.45, 2.75) is 38.0 Å². The molecule has 3 rings (SSSR count). The topological polar surface area (TPSA) is 97.0 Å². The third-order valence-electron chi connectivity index (χ3n) is 4.77. The van der Waals surface area contributed by atoms with Crippen molar-refractivity contribution in [2.75, 3.05) is 37.3 Å². The van der Waals surface area contributed by atoms with Gasteiger partial charge in [0, 0.05) is 44.8 Å². The van der Waals surface area contributed by atoms with E-state index in [1.807, 2.05) is 13.0 Å². The number of nitrogens with zero attached hydrogens (tertiary/aromatic N) is 1.